The van der Waals surface area contributed by atoms with E-state index in [4.69, 9.17) is 11.6 Å². The summed E-state index contributed by atoms with van der Waals surface area (Å²) < 4.78 is 64.4. The minimum absolute atomic E-state index is 0.0942. The highest BCUT2D eigenvalue weighted by Crippen LogP contribution is 2.36. The van der Waals surface area contributed by atoms with Gasteiger partial charge in [-0.25, -0.2) is 12.7 Å². The minimum Gasteiger partial charge on any atom is -0.321 e. The van der Waals surface area contributed by atoms with Crippen LogP contribution in [0.5, 0.6) is 0 Å². The zero-order chi connectivity index (χ0) is 21.6. The monoisotopic (exact) mass is 446 g/mol. The highest BCUT2D eigenvalue weighted by atomic mass is 35.5. The van der Waals surface area contributed by atoms with Gasteiger partial charge in [0, 0.05) is 5.56 Å². The normalized spacial score (nSPS) is 18.7. The Balaban J connectivity index is 1.97. The first kappa shape index (κ1) is 21.1. The Labute approximate surface area is 169 Å². The number of nitrogens with zero attached hydrogens (tertiary/aromatic N) is 1. The molecule has 1 N–H and O–H groups in total. The van der Waals surface area contributed by atoms with Crippen LogP contribution in [0.25, 0.3) is 0 Å². The van der Waals surface area contributed by atoms with Gasteiger partial charge in [-0.3, -0.25) is 9.59 Å². The first-order valence-electron chi connectivity index (χ1n) is 8.26. The lowest BCUT2D eigenvalue weighted by Gasteiger charge is -2.18. The Morgan fingerprint density at radius 1 is 1.21 bits per heavy atom. The number of sulfonamides is 1. The number of nitrogens with one attached hydrogen (secondary N) is 1. The van der Waals surface area contributed by atoms with Crippen LogP contribution in [0.15, 0.2) is 42.5 Å². The summed E-state index contributed by atoms with van der Waals surface area (Å²) in [5, 5.41) is 2.06. The SMILES string of the molecule is CC1CS(=O)(=O)N(c2cc(C(=O)Nc3ccccc3C(F)(F)F)ccc2Cl)C1=O. The fourth-order valence-electron chi connectivity index (χ4n) is 2.91. The Morgan fingerprint density at radius 2 is 1.86 bits per heavy atom. The molecular formula is C18H14ClF3N2O4S. The smallest absolute Gasteiger partial charge is 0.321 e. The van der Waals surface area contributed by atoms with Crippen molar-refractivity contribution in [2.24, 2.45) is 5.92 Å². The lowest BCUT2D eigenvalue weighted by Crippen LogP contribution is -2.30. The van der Waals surface area contributed by atoms with Crippen LogP contribution in [0.4, 0.5) is 24.5 Å². The van der Waals surface area contributed by atoms with Crippen LogP contribution in [0.2, 0.25) is 5.02 Å². The predicted molar refractivity (Wildman–Crippen MR) is 101 cm³/mol. The van der Waals surface area contributed by atoms with Crippen molar-refractivity contribution in [1.29, 1.82) is 0 Å². The van der Waals surface area contributed by atoms with Gasteiger partial charge >= 0.3 is 6.18 Å². The van der Waals surface area contributed by atoms with Gasteiger partial charge in [-0.05, 0) is 30.3 Å². The lowest BCUT2D eigenvalue weighted by molar-refractivity contribution is -0.136. The molecule has 2 amide bonds. The topological polar surface area (TPSA) is 83.6 Å². The maximum Gasteiger partial charge on any atom is 0.418 e. The summed E-state index contributed by atoms with van der Waals surface area (Å²) in [5.41, 5.74) is -1.88. The maximum absolute atomic E-state index is 13.1. The molecule has 11 heteroatoms. The van der Waals surface area contributed by atoms with Crippen molar-refractivity contribution in [3.63, 3.8) is 0 Å². The molecule has 6 nitrogen and oxygen atoms in total. The third-order valence-corrected chi connectivity index (χ3v) is 6.44. The second-order valence-electron chi connectivity index (χ2n) is 6.45. The second kappa shape index (κ2) is 7.34. The maximum atomic E-state index is 13.1. The molecule has 2 aromatic carbocycles. The number of para-hydroxylation sites is 1. The number of anilines is 2. The first-order chi connectivity index (χ1) is 13.4. The van der Waals surface area contributed by atoms with E-state index in [9.17, 15) is 31.2 Å². The van der Waals surface area contributed by atoms with Crippen molar-refractivity contribution in [3.8, 4) is 0 Å². The number of hydrogen-bond acceptors (Lipinski definition) is 4. The van der Waals surface area contributed by atoms with E-state index in [1.54, 1.807) is 0 Å². The molecule has 0 bridgehead atoms. The van der Waals surface area contributed by atoms with E-state index in [1.165, 1.54) is 31.2 Å². The quantitative estimate of drug-likeness (QED) is 0.774. The number of halogens is 4. The van der Waals surface area contributed by atoms with E-state index >= 15 is 0 Å². The molecule has 2 aromatic rings. The molecule has 1 atom stereocenters. The van der Waals surface area contributed by atoms with Gasteiger partial charge in [-0.15, -0.1) is 0 Å². The van der Waals surface area contributed by atoms with Crippen molar-refractivity contribution in [2.75, 3.05) is 15.4 Å². The van der Waals surface area contributed by atoms with Crippen molar-refractivity contribution < 1.29 is 31.2 Å². The zero-order valence-corrected chi connectivity index (χ0v) is 16.4. The average molecular weight is 447 g/mol. The van der Waals surface area contributed by atoms with Gasteiger partial charge in [0.15, 0.2) is 0 Å². The number of alkyl halides is 3. The molecule has 1 unspecified atom stereocenters. The average Bonchev–Trinajstić information content (AvgIpc) is 2.82. The van der Waals surface area contributed by atoms with Gasteiger partial charge in [0.2, 0.25) is 15.9 Å². The third-order valence-electron chi connectivity index (χ3n) is 4.27. The molecule has 0 saturated carbocycles. The lowest BCUT2D eigenvalue weighted by atomic mass is 10.1. The van der Waals surface area contributed by atoms with Crippen LogP contribution in [-0.4, -0.2) is 26.0 Å². The van der Waals surface area contributed by atoms with Crippen molar-refractivity contribution in [2.45, 2.75) is 13.1 Å². The molecule has 1 saturated heterocycles. The van der Waals surface area contributed by atoms with Crippen LogP contribution in [0, 0.1) is 5.92 Å². The molecule has 1 aliphatic heterocycles. The number of rotatable bonds is 3. The third kappa shape index (κ3) is 4.08. The van der Waals surface area contributed by atoms with Gasteiger partial charge in [0.1, 0.15) is 0 Å². The molecule has 1 heterocycles. The van der Waals surface area contributed by atoms with Crippen molar-refractivity contribution in [1.82, 2.24) is 0 Å². The Hall–Kier alpha value is -2.59. The number of benzene rings is 2. The highest BCUT2D eigenvalue weighted by Gasteiger charge is 2.43. The van der Waals surface area contributed by atoms with Crippen LogP contribution >= 0.6 is 11.6 Å². The van der Waals surface area contributed by atoms with Gasteiger partial charge in [-0.2, -0.15) is 13.2 Å². The standard InChI is InChI=1S/C18H14ClF3N2O4S/c1-10-9-29(27,28)24(17(10)26)15-8-11(6-7-13(15)19)16(25)23-14-5-3-2-4-12(14)18(20,21)22/h2-8,10H,9H2,1H3,(H,23,25). The predicted octanol–water partition coefficient (Wildman–Crippen LogP) is 3.92. The second-order valence-corrected chi connectivity index (χ2v) is 8.72. The fourth-order valence-corrected chi connectivity index (χ4v) is 4.99. The van der Waals surface area contributed by atoms with Crippen molar-refractivity contribution >= 4 is 44.8 Å². The van der Waals surface area contributed by atoms with E-state index in [-0.39, 0.29) is 16.3 Å². The van der Waals surface area contributed by atoms with Crippen LogP contribution in [0.1, 0.15) is 22.8 Å². The Morgan fingerprint density at radius 3 is 2.45 bits per heavy atom. The Kier molecular flexibility index (Phi) is 5.35. The summed E-state index contributed by atoms with van der Waals surface area (Å²) in [7, 11) is -3.97. The number of carbonyl (C=O) groups excluding carboxylic acids is 2. The van der Waals surface area contributed by atoms with E-state index in [1.807, 2.05) is 0 Å². The molecule has 29 heavy (non-hydrogen) atoms. The number of carbonyl (C=O) groups is 2. The molecule has 1 aliphatic rings. The molecule has 0 radical (unpaired) electrons. The summed E-state index contributed by atoms with van der Waals surface area (Å²) in [4.78, 5) is 24.8. The molecule has 0 aromatic heterocycles. The van der Waals surface area contributed by atoms with Gasteiger partial charge < -0.3 is 5.32 Å². The van der Waals surface area contributed by atoms with Gasteiger partial charge in [0.25, 0.3) is 5.91 Å². The van der Waals surface area contributed by atoms with Crippen LogP contribution in [0.3, 0.4) is 0 Å². The van der Waals surface area contributed by atoms with E-state index < -0.39 is 50.9 Å². The zero-order valence-electron chi connectivity index (χ0n) is 14.8. The van der Waals surface area contributed by atoms with Crippen molar-refractivity contribution in [3.05, 3.63) is 58.6 Å². The van der Waals surface area contributed by atoms with Gasteiger partial charge in [-0.1, -0.05) is 30.7 Å². The first-order valence-corrected chi connectivity index (χ1v) is 10.2. The minimum atomic E-state index is -4.68. The van der Waals surface area contributed by atoms with Crippen LogP contribution in [-0.2, 0) is 21.0 Å². The highest BCUT2D eigenvalue weighted by molar-refractivity contribution is 7.94. The van der Waals surface area contributed by atoms with Gasteiger partial charge in [0.05, 0.1) is 33.6 Å². The summed E-state index contributed by atoms with van der Waals surface area (Å²) in [6, 6.07) is 7.90. The number of hydrogen-bond donors (Lipinski definition) is 1. The van der Waals surface area contributed by atoms with Crippen LogP contribution < -0.4 is 9.62 Å². The molecule has 154 valence electrons. The summed E-state index contributed by atoms with van der Waals surface area (Å²) in [5.74, 6) is -2.81. The van der Waals surface area contributed by atoms with E-state index in [0.717, 1.165) is 18.2 Å². The molecule has 1 fully saturated rings. The fraction of sp³-hybridized carbons (Fsp3) is 0.222. The van der Waals surface area contributed by atoms with E-state index in [0.29, 0.717) is 4.31 Å². The number of amides is 2. The molecule has 3 rings (SSSR count). The molecular weight excluding hydrogens is 433 g/mol. The molecule has 0 aliphatic carbocycles. The molecule has 0 spiro atoms. The summed E-state index contributed by atoms with van der Waals surface area (Å²) >= 11 is 6.03. The Bertz CT molecular complexity index is 1100. The summed E-state index contributed by atoms with van der Waals surface area (Å²) in [6.07, 6.45) is -4.68. The summed E-state index contributed by atoms with van der Waals surface area (Å²) in [6.45, 7) is 1.44. The van der Waals surface area contributed by atoms with E-state index in [2.05, 4.69) is 5.32 Å². The largest absolute Gasteiger partial charge is 0.418 e.